The molecule has 0 radical (unpaired) electrons. The Morgan fingerprint density at radius 3 is 2.71 bits per heavy atom. The van der Waals surface area contributed by atoms with E-state index in [4.69, 9.17) is 4.74 Å². The first-order valence-electron chi connectivity index (χ1n) is 3.74. The zero-order valence-electron chi connectivity index (χ0n) is 7.31. The summed E-state index contributed by atoms with van der Waals surface area (Å²) in [4.78, 5) is 13.5. The third kappa shape index (κ3) is 1.95. The Hall–Kier alpha value is -0.910. The molecule has 0 unspecified atom stereocenters. The van der Waals surface area contributed by atoms with Crippen molar-refractivity contribution in [2.45, 2.75) is 11.8 Å². The molecule has 14 heavy (non-hydrogen) atoms. The number of H-pyrrole nitrogens is 1. The van der Waals surface area contributed by atoms with Gasteiger partial charge in [-0.25, -0.2) is 8.78 Å². The molecule has 1 N–H and O–H groups in total. The maximum Gasteiger partial charge on any atom is 0.267 e. The molecule has 78 valence electrons. The van der Waals surface area contributed by atoms with Gasteiger partial charge in [-0.05, 0) is 0 Å². The topological polar surface area (TPSA) is 42.1 Å². The molecule has 0 aliphatic carbocycles. The summed E-state index contributed by atoms with van der Waals surface area (Å²) in [5, 5.41) is 0.0687. The second kappa shape index (κ2) is 4.54. The number of alkyl halides is 3. The summed E-state index contributed by atoms with van der Waals surface area (Å²) in [6.07, 6.45) is -1.59. The van der Waals surface area contributed by atoms with Crippen molar-refractivity contribution in [2.75, 3.05) is 7.11 Å². The van der Waals surface area contributed by atoms with Gasteiger partial charge in [0, 0.05) is 17.1 Å². The van der Waals surface area contributed by atoms with Crippen LogP contribution in [0.3, 0.4) is 0 Å². The van der Waals surface area contributed by atoms with Crippen LogP contribution in [-0.4, -0.2) is 12.1 Å². The molecule has 3 nitrogen and oxygen atoms in total. The van der Waals surface area contributed by atoms with Crippen molar-refractivity contribution in [1.29, 1.82) is 0 Å². The van der Waals surface area contributed by atoms with Crippen molar-refractivity contribution in [3.05, 3.63) is 27.7 Å². The Morgan fingerprint density at radius 1 is 1.64 bits per heavy atom. The largest absolute Gasteiger partial charge is 0.495 e. The molecule has 0 aliphatic heterocycles. The van der Waals surface area contributed by atoms with Gasteiger partial charge in [-0.1, -0.05) is 15.9 Å². The molecule has 1 aromatic rings. The van der Waals surface area contributed by atoms with Crippen LogP contribution in [0.2, 0.25) is 0 Å². The molecule has 0 aromatic carbocycles. The number of hydrogen-bond acceptors (Lipinski definition) is 2. The van der Waals surface area contributed by atoms with E-state index in [0.29, 0.717) is 0 Å². The Bertz CT molecular complexity index is 378. The fraction of sp³-hybridized carbons (Fsp3) is 0.375. The van der Waals surface area contributed by atoms with E-state index in [1.165, 1.54) is 7.11 Å². The van der Waals surface area contributed by atoms with Gasteiger partial charge >= 0.3 is 0 Å². The van der Waals surface area contributed by atoms with Gasteiger partial charge in [-0.3, -0.25) is 4.79 Å². The van der Waals surface area contributed by atoms with Gasteiger partial charge in [0.1, 0.15) is 5.75 Å². The molecular formula is C8H8BrF2NO2. The van der Waals surface area contributed by atoms with E-state index in [2.05, 4.69) is 20.9 Å². The smallest absolute Gasteiger partial charge is 0.267 e. The monoisotopic (exact) mass is 267 g/mol. The van der Waals surface area contributed by atoms with E-state index in [1.807, 2.05) is 0 Å². The predicted molar refractivity (Wildman–Crippen MR) is 51.2 cm³/mol. The minimum absolute atomic E-state index is 0.000602. The molecule has 0 spiro atoms. The standard InChI is InChI=1S/C8H8BrF2NO2/c1-14-5-3-12-8(13)4(2-9)6(5)7(10)11/h3,7H,2H2,1H3,(H,12,13). The Labute approximate surface area is 87.2 Å². The van der Waals surface area contributed by atoms with Crippen LogP contribution in [0.25, 0.3) is 0 Å². The normalized spacial score (nSPS) is 10.6. The predicted octanol–water partition coefficient (Wildman–Crippen LogP) is 2.22. The van der Waals surface area contributed by atoms with Crippen molar-refractivity contribution < 1.29 is 13.5 Å². The van der Waals surface area contributed by atoms with Gasteiger partial charge in [0.05, 0.1) is 12.7 Å². The first-order valence-corrected chi connectivity index (χ1v) is 4.86. The molecule has 0 fully saturated rings. The van der Waals surface area contributed by atoms with Gasteiger partial charge in [0.2, 0.25) is 0 Å². The number of hydrogen-bond donors (Lipinski definition) is 1. The molecule has 0 atom stereocenters. The zero-order valence-corrected chi connectivity index (χ0v) is 8.90. The van der Waals surface area contributed by atoms with Crippen LogP contribution in [0.15, 0.2) is 11.0 Å². The summed E-state index contributed by atoms with van der Waals surface area (Å²) in [5.41, 5.74) is -0.884. The maximum atomic E-state index is 12.6. The fourth-order valence-corrected chi connectivity index (χ4v) is 1.66. The minimum atomic E-state index is -2.72. The molecule has 1 aromatic heterocycles. The van der Waals surface area contributed by atoms with Crippen molar-refractivity contribution in [3.8, 4) is 5.75 Å². The number of rotatable bonds is 3. The lowest BCUT2D eigenvalue weighted by molar-refractivity contribution is 0.146. The molecular weight excluding hydrogens is 260 g/mol. The zero-order chi connectivity index (χ0) is 10.7. The Balaban J connectivity index is 3.44. The van der Waals surface area contributed by atoms with Crippen LogP contribution in [-0.2, 0) is 5.33 Å². The number of methoxy groups -OCH3 is 1. The molecule has 0 saturated heterocycles. The van der Waals surface area contributed by atoms with E-state index >= 15 is 0 Å². The number of ether oxygens (including phenoxy) is 1. The fourth-order valence-electron chi connectivity index (χ4n) is 1.11. The lowest BCUT2D eigenvalue weighted by Crippen LogP contribution is -2.15. The van der Waals surface area contributed by atoms with Crippen molar-refractivity contribution in [2.24, 2.45) is 0 Å². The van der Waals surface area contributed by atoms with Crippen LogP contribution >= 0.6 is 15.9 Å². The number of nitrogens with one attached hydrogen (secondary N) is 1. The van der Waals surface area contributed by atoms with Gasteiger partial charge < -0.3 is 9.72 Å². The average molecular weight is 268 g/mol. The Morgan fingerprint density at radius 2 is 2.29 bits per heavy atom. The molecule has 0 saturated carbocycles. The summed E-state index contributed by atoms with van der Waals surface area (Å²) in [6.45, 7) is 0. The summed E-state index contributed by atoms with van der Waals surface area (Å²) in [5.74, 6) is -0.00551. The summed E-state index contributed by atoms with van der Waals surface area (Å²) in [7, 11) is 1.28. The molecule has 0 aliphatic rings. The minimum Gasteiger partial charge on any atom is -0.495 e. The van der Waals surface area contributed by atoms with E-state index in [0.717, 1.165) is 6.20 Å². The first kappa shape index (κ1) is 11.2. The molecule has 1 heterocycles. The maximum absolute atomic E-state index is 12.6. The summed E-state index contributed by atoms with van der Waals surface area (Å²) < 4.78 is 29.9. The summed E-state index contributed by atoms with van der Waals surface area (Å²) in [6, 6.07) is 0. The number of pyridine rings is 1. The van der Waals surface area contributed by atoms with Crippen molar-refractivity contribution in [1.82, 2.24) is 4.98 Å². The molecule has 1 rings (SSSR count). The van der Waals surface area contributed by atoms with E-state index in [1.54, 1.807) is 0 Å². The number of aromatic amines is 1. The average Bonchev–Trinajstić information content (AvgIpc) is 2.17. The van der Waals surface area contributed by atoms with Crippen LogP contribution in [0.4, 0.5) is 8.78 Å². The quantitative estimate of drug-likeness (QED) is 0.854. The lowest BCUT2D eigenvalue weighted by atomic mass is 10.1. The van der Waals surface area contributed by atoms with Crippen LogP contribution < -0.4 is 10.3 Å². The third-order valence-electron chi connectivity index (χ3n) is 1.77. The Kier molecular flexibility index (Phi) is 3.62. The second-order valence-electron chi connectivity index (χ2n) is 2.51. The van der Waals surface area contributed by atoms with Crippen LogP contribution in [0, 0.1) is 0 Å². The van der Waals surface area contributed by atoms with E-state index < -0.39 is 12.0 Å². The van der Waals surface area contributed by atoms with Crippen molar-refractivity contribution >= 4 is 15.9 Å². The highest BCUT2D eigenvalue weighted by Crippen LogP contribution is 2.30. The van der Waals surface area contributed by atoms with Crippen LogP contribution in [0.5, 0.6) is 5.75 Å². The first-order chi connectivity index (χ1) is 6.61. The SMILES string of the molecule is COc1c[nH]c(=O)c(CBr)c1C(F)F. The highest BCUT2D eigenvalue weighted by Gasteiger charge is 2.20. The molecule has 0 amide bonds. The van der Waals surface area contributed by atoms with Gasteiger partial charge in [0.15, 0.2) is 0 Å². The number of halogens is 3. The van der Waals surface area contributed by atoms with Crippen molar-refractivity contribution in [3.63, 3.8) is 0 Å². The molecule has 0 bridgehead atoms. The van der Waals surface area contributed by atoms with Gasteiger partial charge in [-0.2, -0.15) is 0 Å². The number of aromatic nitrogens is 1. The summed E-state index contributed by atoms with van der Waals surface area (Å²) >= 11 is 2.98. The third-order valence-corrected chi connectivity index (χ3v) is 2.33. The highest BCUT2D eigenvalue weighted by atomic mass is 79.9. The lowest BCUT2D eigenvalue weighted by Gasteiger charge is -2.10. The van der Waals surface area contributed by atoms with E-state index in [-0.39, 0.29) is 22.2 Å². The van der Waals surface area contributed by atoms with E-state index in [9.17, 15) is 13.6 Å². The van der Waals surface area contributed by atoms with Crippen LogP contribution in [0.1, 0.15) is 17.6 Å². The second-order valence-corrected chi connectivity index (χ2v) is 3.07. The highest BCUT2D eigenvalue weighted by molar-refractivity contribution is 9.08. The van der Waals surface area contributed by atoms with Gasteiger partial charge in [0.25, 0.3) is 12.0 Å². The molecule has 6 heteroatoms. The van der Waals surface area contributed by atoms with Gasteiger partial charge in [-0.15, -0.1) is 0 Å².